The summed E-state index contributed by atoms with van der Waals surface area (Å²) in [6.07, 6.45) is 6.25. The number of rotatable bonds is 3. The molecular weight excluding hydrogens is 380 g/mol. The van der Waals surface area contributed by atoms with Gasteiger partial charge in [0.2, 0.25) is 6.33 Å². The lowest BCUT2D eigenvalue weighted by Crippen LogP contribution is -2.31. The highest BCUT2D eigenvalue weighted by atomic mass is 79.9. The predicted octanol–water partition coefficient (Wildman–Crippen LogP) is 4.34. The fourth-order valence-electron chi connectivity index (χ4n) is 2.12. The van der Waals surface area contributed by atoms with Crippen molar-refractivity contribution in [2.75, 3.05) is 0 Å². The molecule has 2 aromatic carbocycles. The van der Waals surface area contributed by atoms with Crippen molar-refractivity contribution in [1.82, 2.24) is 4.57 Å². The molecule has 4 heteroatoms. The Balaban J connectivity index is 1.86. The van der Waals surface area contributed by atoms with Crippen LogP contribution in [-0.4, -0.2) is 4.57 Å². The summed E-state index contributed by atoms with van der Waals surface area (Å²) in [4.78, 5) is 0. The van der Waals surface area contributed by atoms with Crippen molar-refractivity contribution in [1.29, 1.82) is 0 Å². The summed E-state index contributed by atoms with van der Waals surface area (Å²) in [5, 5.41) is 0. The van der Waals surface area contributed by atoms with Gasteiger partial charge in [0.05, 0.1) is 0 Å². The first-order valence-electron chi connectivity index (χ1n) is 6.28. The van der Waals surface area contributed by atoms with Crippen LogP contribution in [0, 0.1) is 0 Å². The Morgan fingerprint density at radius 1 is 0.950 bits per heavy atom. The highest BCUT2D eigenvalue weighted by Crippen LogP contribution is 2.22. The Labute approximate surface area is 134 Å². The molecule has 0 atom stereocenters. The lowest BCUT2D eigenvalue weighted by atomic mass is 10.2. The Morgan fingerprint density at radius 3 is 2.35 bits per heavy atom. The summed E-state index contributed by atoms with van der Waals surface area (Å²) in [7, 11) is 0. The standard InChI is InChI=1S/C16H13Br2N2/c17-14-8-15(18)10-16(9-14)20-7-6-19(12-20)11-13-4-2-1-3-5-13/h1-10,12H,11H2/q+1. The SMILES string of the molecule is Brc1cc(Br)cc(-n2cc[n+](Cc3ccccc3)c2)c1. The van der Waals surface area contributed by atoms with Gasteiger partial charge in [-0.05, 0) is 23.8 Å². The lowest BCUT2D eigenvalue weighted by Gasteiger charge is -1.99. The summed E-state index contributed by atoms with van der Waals surface area (Å²) >= 11 is 7.04. The van der Waals surface area contributed by atoms with Crippen molar-refractivity contribution in [3.63, 3.8) is 0 Å². The molecule has 0 spiro atoms. The largest absolute Gasteiger partial charge is 0.249 e. The van der Waals surface area contributed by atoms with Gasteiger partial charge >= 0.3 is 0 Å². The van der Waals surface area contributed by atoms with Crippen molar-refractivity contribution < 1.29 is 4.57 Å². The molecule has 0 saturated carbocycles. The van der Waals surface area contributed by atoms with Gasteiger partial charge in [0.25, 0.3) is 0 Å². The van der Waals surface area contributed by atoms with E-state index in [4.69, 9.17) is 0 Å². The van der Waals surface area contributed by atoms with Crippen molar-refractivity contribution in [3.05, 3.63) is 81.8 Å². The van der Waals surface area contributed by atoms with E-state index in [0.717, 1.165) is 21.2 Å². The molecule has 0 fully saturated rings. The first-order valence-corrected chi connectivity index (χ1v) is 7.87. The van der Waals surface area contributed by atoms with Crippen LogP contribution in [0.2, 0.25) is 0 Å². The fraction of sp³-hybridized carbons (Fsp3) is 0.0625. The number of halogens is 2. The minimum Gasteiger partial charge on any atom is -0.232 e. The Morgan fingerprint density at radius 2 is 1.65 bits per heavy atom. The average molecular weight is 393 g/mol. The molecular formula is C16H13Br2N2+. The zero-order chi connectivity index (χ0) is 13.9. The molecule has 0 saturated heterocycles. The van der Waals surface area contributed by atoms with Gasteiger partial charge in [-0.2, -0.15) is 0 Å². The van der Waals surface area contributed by atoms with E-state index in [9.17, 15) is 0 Å². The molecule has 100 valence electrons. The maximum Gasteiger partial charge on any atom is 0.249 e. The second-order valence-corrected chi connectivity index (χ2v) is 6.44. The molecule has 0 bridgehead atoms. The van der Waals surface area contributed by atoms with Gasteiger partial charge in [0.15, 0.2) is 0 Å². The monoisotopic (exact) mass is 391 g/mol. The normalized spacial score (nSPS) is 10.7. The first-order chi connectivity index (χ1) is 9.70. The van der Waals surface area contributed by atoms with Crippen LogP contribution in [0.4, 0.5) is 0 Å². The van der Waals surface area contributed by atoms with Gasteiger partial charge in [-0.3, -0.25) is 0 Å². The molecule has 0 aliphatic rings. The molecule has 1 aromatic heterocycles. The van der Waals surface area contributed by atoms with Crippen LogP contribution in [0.1, 0.15) is 5.56 Å². The zero-order valence-electron chi connectivity index (χ0n) is 10.7. The summed E-state index contributed by atoms with van der Waals surface area (Å²) in [6, 6.07) is 16.7. The quantitative estimate of drug-likeness (QED) is 0.586. The van der Waals surface area contributed by atoms with Crippen LogP contribution in [0.15, 0.2) is 76.2 Å². The summed E-state index contributed by atoms with van der Waals surface area (Å²) in [5.41, 5.74) is 2.42. The number of imidazole rings is 1. The average Bonchev–Trinajstić information content (AvgIpc) is 2.87. The summed E-state index contributed by atoms with van der Waals surface area (Å²) in [5.74, 6) is 0. The maximum absolute atomic E-state index is 3.52. The predicted molar refractivity (Wildman–Crippen MR) is 86.9 cm³/mol. The molecule has 20 heavy (non-hydrogen) atoms. The zero-order valence-corrected chi connectivity index (χ0v) is 13.9. The van der Waals surface area contributed by atoms with Crippen molar-refractivity contribution in [2.24, 2.45) is 0 Å². The third-order valence-electron chi connectivity index (χ3n) is 3.04. The van der Waals surface area contributed by atoms with Crippen molar-refractivity contribution in [3.8, 4) is 5.69 Å². The van der Waals surface area contributed by atoms with Crippen LogP contribution in [-0.2, 0) is 6.54 Å². The van der Waals surface area contributed by atoms with Crippen LogP contribution in [0.25, 0.3) is 5.69 Å². The smallest absolute Gasteiger partial charge is 0.232 e. The number of hydrogen-bond donors (Lipinski definition) is 0. The van der Waals surface area contributed by atoms with Crippen LogP contribution in [0.3, 0.4) is 0 Å². The molecule has 3 aromatic rings. The fourth-order valence-corrected chi connectivity index (χ4v) is 3.39. The van der Waals surface area contributed by atoms with Crippen LogP contribution >= 0.6 is 31.9 Å². The van der Waals surface area contributed by atoms with Gasteiger partial charge < -0.3 is 0 Å². The van der Waals surface area contributed by atoms with Gasteiger partial charge in [-0.25, -0.2) is 9.13 Å². The van der Waals surface area contributed by atoms with Crippen LogP contribution in [0.5, 0.6) is 0 Å². The van der Waals surface area contributed by atoms with E-state index >= 15 is 0 Å². The van der Waals surface area contributed by atoms with Gasteiger partial charge in [-0.15, -0.1) is 0 Å². The molecule has 0 radical (unpaired) electrons. The Bertz CT molecular complexity index is 700. The summed E-state index contributed by atoms with van der Waals surface area (Å²) < 4.78 is 6.40. The highest BCUT2D eigenvalue weighted by Gasteiger charge is 2.08. The second kappa shape index (κ2) is 5.94. The maximum atomic E-state index is 3.52. The molecule has 0 aliphatic heterocycles. The van der Waals surface area contributed by atoms with E-state index in [1.54, 1.807) is 0 Å². The molecule has 0 aliphatic carbocycles. The minimum absolute atomic E-state index is 0.878. The third-order valence-corrected chi connectivity index (χ3v) is 3.96. The second-order valence-electron chi connectivity index (χ2n) is 4.61. The highest BCUT2D eigenvalue weighted by molar-refractivity contribution is 9.11. The van der Waals surface area contributed by atoms with E-state index in [1.807, 2.05) is 12.1 Å². The van der Waals surface area contributed by atoms with E-state index in [-0.39, 0.29) is 0 Å². The van der Waals surface area contributed by atoms with Crippen molar-refractivity contribution >= 4 is 31.9 Å². The number of nitrogens with zero attached hydrogens (tertiary/aromatic N) is 2. The van der Waals surface area contributed by atoms with Gasteiger partial charge in [0.1, 0.15) is 24.6 Å². The molecule has 0 amide bonds. The first kappa shape index (κ1) is 13.6. The Hall–Kier alpha value is -1.39. The van der Waals surface area contributed by atoms with E-state index in [2.05, 4.69) is 96.1 Å². The van der Waals surface area contributed by atoms with Crippen molar-refractivity contribution in [2.45, 2.75) is 6.54 Å². The molecule has 0 unspecified atom stereocenters. The van der Waals surface area contributed by atoms with E-state index < -0.39 is 0 Å². The third kappa shape index (κ3) is 3.19. The number of hydrogen-bond acceptors (Lipinski definition) is 0. The van der Waals surface area contributed by atoms with E-state index in [1.165, 1.54) is 5.56 Å². The van der Waals surface area contributed by atoms with Gasteiger partial charge in [0, 0.05) is 8.95 Å². The lowest BCUT2D eigenvalue weighted by molar-refractivity contribution is -0.687. The topological polar surface area (TPSA) is 8.81 Å². The molecule has 3 rings (SSSR count). The number of benzene rings is 2. The molecule has 1 heterocycles. The van der Waals surface area contributed by atoms with E-state index in [0.29, 0.717) is 0 Å². The molecule has 0 N–H and O–H groups in total. The number of aromatic nitrogens is 2. The minimum atomic E-state index is 0.878. The Kier molecular flexibility index (Phi) is 4.03. The summed E-state index contributed by atoms with van der Waals surface area (Å²) in [6.45, 7) is 0.878. The molecule has 2 nitrogen and oxygen atoms in total. The van der Waals surface area contributed by atoms with Crippen LogP contribution < -0.4 is 4.57 Å². The van der Waals surface area contributed by atoms with Gasteiger partial charge in [-0.1, -0.05) is 62.2 Å².